The molecule has 3 rings (SSSR count). The molecule has 156 valence electrons. The van der Waals surface area contributed by atoms with Crippen LogP contribution in [-0.4, -0.2) is 41.4 Å². The number of imide groups is 1. The molecule has 1 atom stereocenters. The van der Waals surface area contributed by atoms with E-state index in [4.69, 9.17) is 4.74 Å². The van der Waals surface area contributed by atoms with Gasteiger partial charge in [-0.3, -0.25) is 14.5 Å². The van der Waals surface area contributed by atoms with Gasteiger partial charge in [0.25, 0.3) is 5.91 Å². The average molecular weight is 409 g/mol. The molecule has 0 radical (unpaired) electrons. The Kier molecular flexibility index (Phi) is 6.79. The van der Waals surface area contributed by atoms with Gasteiger partial charge < -0.3 is 15.4 Å². The minimum atomic E-state index is -0.738. The van der Waals surface area contributed by atoms with E-state index in [0.717, 1.165) is 10.5 Å². The van der Waals surface area contributed by atoms with Crippen molar-refractivity contribution in [3.63, 3.8) is 0 Å². The van der Waals surface area contributed by atoms with E-state index < -0.39 is 18.0 Å². The average Bonchev–Trinajstić information content (AvgIpc) is 3.01. The van der Waals surface area contributed by atoms with Crippen LogP contribution in [0.1, 0.15) is 35.7 Å². The van der Waals surface area contributed by atoms with Gasteiger partial charge in [-0.15, -0.1) is 0 Å². The largest absolute Gasteiger partial charge is 0.462 e. The first-order chi connectivity index (χ1) is 14.5. The van der Waals surface area contributed by atoms with Gasteiger partial charge in [-0.1, -0.05) is 36.4 Å². The van der Waals surface area contributed by atoms with E-state index in [-0.39, 0.29) is 37.8 Å². The quantitative estimate of drug-likeness (QED) is 0.515. The highest BCUT2D eigenvalue weighted by atomic mass is 16.5. The van der Waals surface area contributed by atoms with Gasteiger partial charge in [-0.05, 0) is 37.1 Å². The van der Waals surface area contributed by atoms with Crippen molar-refractivity contribution < 1.29 is 23.9 Å². The first kappa shape index (κ1) is 21.0. The maximum atomic E-state index is 12.5. The molecule has 2 aromatic rings. The predicted molar refractivity (Wildman–Crippen MR) is 110 cm³/mol. The second kappa shape index (κ2) is 9.69. The van der Waals surface area contributed by atoms with Crippen LogP contribution in [0.4, 0.5) is 10.5 Å². The summed E-state index contributed by atoms with van der Waals surface area (Å²) in [6.45, 7) is 2.17. The fourth-order valence-corrected chi connectivity index (χ4v) is 3.13. The van der Waals surface area contributed by atoms with E-state index in [1.807, 2.05) is 30.3 Å². The summed E-state index contributed by atoms with van der Waals surface area (Å²) in [4.78, 5) is 49.9. The molecule has 0 unspecified atom stereocenters. The maximum absolute atomic E-state index is 12.5. The zero-order valence-electron chi connectivity index (χ0n) is 16.6. The number of carbonyl (C=O) groups is 4. The van der Waals surface area contributed by atoms with E-state index in [1.165, 1.54) is 6.07 Å². The summed E-state index contributed by atoms with van der Waals surface area (Å²) in [6.07, 6.45) is 0.221. The number of hydrogen-bond donors (Lipinski definition) is 2. The molecule has 0 saturated carbocycles. The van der Waals surface area contributed by atoms with Gasteiger partial charge in [0.05, 0.1) is 18.7 Å². The zero-order valence-corrected chi connectivity index (χ0v) is 16.6. The first-order valence-corrected chi connectivity index (χ1v) is 9.70. The number of carbonyl (C=O) groups excluding carboxylic acids is 4. The Morgan fingerprint density at radius 2 is 1.87 bits per heavy atom. The van der Waals surface area contributed by atoms with Gasteiger partial charge in [-0.2, -0.15) is 0 Å². The van der Waals surface area contributed by atoms with Gasteiger partial charge >= 0.3 is 12.0 Å². The van der Waals surface area contributed by atoms with E-state index in [0.29, 0.717) is 11.3 Å². The van der Waals surface area contributed by atoms with Crippen LogP contribution in [-0.2, 0) is 20.9 Å². The predicted octanol–water partition coefficient (Wildman–Crippen LogP) is 2.70. The highest BCUT2D eigenvalue weighted by molar-refractivity contribution is 6.04. The van der Waals surface area contributed by atoms with E-state index in [1.54, 1.807) is 25.1 Å². The lowest BCUT2D eigenvalue weighted by Gasteiger charge is -2.13. The number of amides is 4. The van der Waals surface area contributed by atoms with Crippen LogP contribution in [0, 0.1) is 0 Å². The highest BCUT2D eigenvalue weighted by Crippen LogP contribution is 2.16. The molecule has 2 aromatic carbocycles. The van der Waals surface area contributed by atoms with Crippen LogP contribution < -0.4 is 10.6 Å². The molecule has 4 amide bonds. The number of benzene rings is 2. The third-order valence-electron chi connectivity index (χ3n) is 4.61. The minimum absolute atomic E-state index is 0.0412. The van der Waals surface area contributed by atoms with Crippen LogP contribution >= 0.6 is 0 Å². The van der Waals surface area contributed by atoms with E-state index in [2.05, 4.69) is 10.6 Å². The summed E-state index contributed by atoms with van der Waals surface area (Å²) in [7, 11) is 0. The Hall–Kier alpha value is -3.68. The SMILES string of the molecule is CCOC(=O)c1cccc(NC(=O)CC[C@@H]2NC(=O)N(Cc3ccccc3)C2=O)c1. The summed E-state index contributed by atoms with van der Waals surface area (Å²) in [5.74, 6) is -1.13. The Bertz CT molecular complexity index is 945. The van der Waals surface area contributed by atoms with Crippen molar-refractivity contribution >= 4 is 29.5 Å². The molecule has 1 saturated heterocycles. The molecule has 1 aliphatic heterocycles. The third kappa shape index (κ3) is 5.22. The number of hydrogen-bond acceptors (Lipinski definition) is 5. The lowest BCUT2D eigenvalue weighted by molar-refractivity contribution is -0.128. The van der Waals surface area contributed by atoms with Crippen LogP contribution in [0.25, 0.3) is 0 Å². The van der Waals surface area contributed by atoms with Crippen LogP contribution in [0.2, 0.25) is 0 Å². The third-order valence-corrected chi connectivity index (χ3v) is 4.61. The Morgan fingerprint density at radius 1 is 1.10 bits per heavy atom. The summed E-state index contributed by atoms with van der Waals surface area (Å²) < 4.78 is 4.94. The second-order valence-corrected chi connectivity index (χ2v) is 6.80. The van der Waals surface area contributed by atoms with Crippen molar-refractivity contribution in [2.75, 3.05) is 11.9 Å². The number of nitrogens with one attached hydrogen (secondary N) is 2. The standard InChI is InChI=1S/C22H23N3O5/c1-2-30-21(28)16-9-6-10-17(13-16)23-19(26)12-11-18-20(27)25(22(29)24-18)14-15-7-4-3-5-8-15/h3-10,13,18H,2,11-12,14H2,1H3,(H,23,26)(H,24,29)/t18-/m0/s1. The number of esters is 1. The molecule has 8 heteroatoms. The van der Waals surface area contributed by atoms with Crippen molar-refractivity contribution in [2.24, 2.45) is 0 Å². The number of nitrogens with zero attached hydrogens (tertiary/aromatic N) is 1. The van der Waals surface area contributed by atoms with Gasteiger partial charge in [0, 0.05) is 12.1 Å². The fraction of sp³-hybridized carbons (Fsp3) is 0.273. The number of ether oxygens (including phenoxy) is 1. The van der Waals surface area contributed by atoms with E-state index >= 15 is 0 Å². The molecule has 0 aliphatic carbocycles. The van der Waals surface area contributed by atoms with Crippen LogP contribution in [0.5, 0.6) is 0 Å². The Morgan fingerprint density at radius 3 is 2.60 bits per heavy atom. The highest BCUT2D eigenvalue weighted by Gasteiger charge is 2.37. The summed E-state index contributed by atoms with van der Waals surface area (Å²) in [6, 6.07) is 14.4. The van der Waals surface area contributed by atoms with Gasteiger partial charge in [0.15, 0.2) is 0 Å². The number of anilines is 1. The van der Waals surface area contributed by atoms with Crippen molar-refractivity contribution in [1.82, 2.24) is 10.2 Å². The molecule has 8 nitrogen and oxygen atoms in total. The molecule has 0 bridgehead atoms. The molecule has 0 spiro atoms. The van der Waals surface area contributed by atoms with Crippen molar-refractivity contribution in [3.05, 3.63) is 65.7 Å². The van der Waals surface area contributed by atoms with E-state index in [9.17, 15) is 19.2 Å². The zero-order chi connectivity index (χ0) is 21.5. The van der Waals surface area contributed by atoms with Crippen molar-refractivity contribution in [3.8, 4) is 0 Å². The fourth-order valence-electron chi connectivity index (χ4n) is 3.13. The smallest absolute Gasteiger partial charge is 0.338 e. The van der Waals surface area contributed by atoms with Gasteiger partial charge in [0.1, 0.15) is 6.04 Å². The van der Waals surface area contributed by atoms with Gasteiger partial charge in [-0.25, -0.2) is 9.59 Å². The molecular formula is C22H23N3O5. The topological polar surface area (TPSA) is 105 Å². The first-order valence-electron chi connectivity index (χ1n) is 9.70. The monoisotopic (exact) mass is 409 g/mol. The second-order valence-electron chi connectivity index (χ2n) is 6.80. The molecule has 2 N–H and O–H groups in total. The molecule has 0 aromatic heterocycles. The number of urea groups is 1. The summed E-state index contributed by atoms with van der Waals surface area (Å²) in [5.41, 5.74) is 1.64. The lowest BCUT2D eigenvalue weighted by atomic mass is 10.1. The lowest BCUT2D eigenvalue weighted by Crippen LogP contribution is -2.31. The van der Waals surface area contributed by atoms with Crippen molar-refractivity contribution in [2.45, 2.75) is 32.4 Å². The Balaban J connectivity index is 1.52. The Labute approximate surface area is 174 Å². The number of rotatable bonds is 8. The molecule has 1 aliphatic rings. The molecule has 30 heavy (non-hydrogen) atoms. The van der Waals surface area contributed by atoms with Crippen molar-refractivity contribution in [1.29, 1.82) is 0 Å². The molecular weight excluding hydrogens is 386 g/mol. The summed E-state index contributed by atoms with van der Waals surface area (Å²) >= 11 is 0. The normalized spacial score (nSPS) is 15.6. The minimum Gasteiger partial charge on any atom is -0.462 e. The molecule has 1 fully saturated rings. The maximum Gasteiger partial charge on any atom is 0.338 e. The summed E-state index contributed by atoms with van der Waals surface area (Å²) in [5, 5.41) is 5.32. The molecule has 1 heterocycles. The van der Waals surface area contributed by atoms with Crippen LogP contribution in [0.3, 0.4) is 0 Å². The van der Waals surface area contributed by atoms with Gasteiger partial charge in [0.2, 0.25) is 5.91 Å². The van der Waals surface area contributed by atoms with Crippen LogP contribution in [0.15, 0.2) is 54.6 Å².